The standard InChI is InChI=1S/C19H17F2N3O2S/c1-2-13-3-7-16(8-4-13)27(25,26)24-19-10-6-15(12-22-19)23-14-5-9-17(20)18(21)11-14/h3-12,23H,2H2,1H3,(H,22,24). The molecule has 0 aliphatic rings. The van der Waals surface area contributed by atoms with Crippen LogP contribution < -0.4 is 10.0 Å². The number of hydrogen-bond acceptors (Lipinski definition) is 4. The SMILES string of the molecule is CCc1ccc(S(=O)(=O)Nc2ccc(Nc3ccc(F)c(F)c3)cn2)cc1. The van der Waals surface area contributed by atoms with Gasteiger partial charge in [0.15, 0.2) is 11.6 Å². The van der Waals surface area contributed by atoms with Crippen molar-refractivity contribution in [3.05, 3.63) is 78.0 Å². The third-order valence-corrected chi connectivity index (χ3v) is 5.22. The van der Waals surface area contributed by atoms with Crippen LogP contribution in [0.3, 0.4) is 0 Å². The van der Waals surface area contributed by atoms with Crippen LogP contribution in [-0.4, -0.2) is 13.4 Å². The summed E-state index contributed by atoms with van der Waals surface area (Å²) in [6.45, 7) is 1.99. The van der Waals surface area contributed by atoms with Gasteiger partial charge in [-0.05, 0) is 48.4 Å². The highest BCUT2D eigenvalue weighted by Gasteiger charge is 2.14. The quantitative estimate of drug-likeness (QED) is 0.653. The summed E-state index contributed by atoms with van der Waals surface area (Å²) in [5.74, 6) is -1.76. The van der Waals surface area contributed by atoms with Crippen LogP contribution in [0.4, 0.5) is 26.0 Å². The third kappa shape index (κ3) is 4.59. The van der Waals surface area contributed by atoms with Crippen molar-refractivity contribution in [1.29, 1.82) is 0 Å². The van der Waals surface area contributed by atoms with Crippen molar-refractivity contribution in [1.82, 2.24) is 4.98 Å². The first-order chi connectivity index (χ1) is 12.9. The van der Waals surface area contributed by atoms with Crippen molar-refractivity contribution in [3.63, 3.8) is 0 Å². The topological polar surface area (TPSA) is 71.1 Å². The van der Waals surface area contributed by atoms with Gasteiger partial charge in [-0.1, -0.05) is 19.1 Å². The molecule has 0 fully saturated rings. The number of nitrogens with one attached hydrogen (secondary N) is 2. The summed E-state index contributed by atoms with van der Waals surface area (Å²) in [4.78, 5) is 4.18. The van der Waals surface area contributed by atoms with Gasteiger partial charge in [-0.3, -0.25) is 4.72 Å². The number of sulfonamides is 1. The molecule has 0 unspecified atom stereocenters. The van der Waals surface area contributed by atoms with Crippen LogP contribution in [-0.2, 0) is 16.4 Å². The lowest BCUT2D eigenvalue weighted by molar-refractivity contribution is 0.509. The zero-order valence-corrected chi connectivity index (χ0v) is 15.2. The van der Waals surface area contributed by atoms with Crippen molar-refractivity contribution in [2.45, 2.75) is 18.2 Å². The Morgan fingerprint density at radius 3 is 2.22 bits per heavy atom. The number of hydrogen-bond donors (Lipinski definition) is 2. The molecule has 8 heteroatoms. The van der Waals surface area contributed by atoms with E-state index in [4.69, 9.17) is 0 Å². The van der Waals surface area contributed by atoms with E-state index >= 15 is 0 Å². The Bertz CT molecular complexity index is 1040. The van der Waals surface area contributed by atoms with Gasteiger partial charge in [0.2, 0.25) is 0 Å². The second-order valence-electron chi connectivity index (χ2n) is 5.79. The normalized spacial score (nSPS) is 11.2. The lowest BCUT2D eigenvalue weighted by Crippen LogP contribution is -2.13. The van der Waals surface area contributed by atoms with E-state index in [9.17, 15) is 17.2 Å². The van der Waals surface area contributed by atoms with Gasteiger partial charge in [0, 0.05) is 11.8 Å². The predicted octanol–water partition coefficient (Wildman–Crippen LogP) is 4.47. The smallest absolute Gasteiger partial charge is 0.263 e. The minimum absolute atomic E-state index is 0.144. The molecule has 0 atom stereocenters. The average molecular weight is 389 g/mol. The molecule has 0 aliphatic heterocycles. The van der Waals surface area contributed by atoms with E-state index in [1.54, 1.807) is 30.3 Å². The second-order valence-corrected chi connectivity index (χ2v) is 7.47. The van der Waals surface area contributed by atoms with Crippen molar-refractivity contribution in [3.8, 4) is 0 Å². The van der Waals surface area contributed by atoms with Crippen LogP contribution in [0, 0.1) is 11.6 Å². The summed E-state index contributed by atoms with van der Waals surface area (Å²) in [7, 11) is -3.74. The molecule has 0 spiro atoms. The molecule has 2 N–H and O–H groups in total. The zero-order valence-electron chi connectivity index (χ0n) is 14.4. The molecule has 0 amide bonds. The molecule has 0 aliphatic carbocycles. The van der Waals surface area contributed by atoms with Gasteiger partial charge in [0.25, 0.3) is 10.0 Å². The van der Waals surface area contributed by atoms with Gasteiger partial charge in [-0.15, -0.1) is 0 Å². The summed E-state index contributed by atoms with van der Waals surface area (Å²) < 4.78 is 53.4. The monoisotopic (exact) mass is 389 g/mol. The third-order valence-electron chi connectivity index (χ3n) is 3.85. The Labute approximate surface area is 156 Å². The van der Waals surface area contributed by atoms with Gasteiger partial charge in [0.05, 0.1) is 16.8 Å². The van der Waals surface area contributed by atoms with E-state index in [2.05, 4.69) is 15.0 Å². The highest BCUT2D eigenvalue weighted by molar-refractivity contribution is 7.92. The predicted molar refractivity (Wildman–Crippen MR) is 101 cm³/mol. The Kier molecular flexibility index (Phi) is 5.36. The zero-order chi connectivity index (χ0) is 19.4. The van der Waals surface area contributed by atoms with Gasteiger partial charge < -0.3 is 5.32 Å². The first-order valence-electron chi connectivity index (χ1n) is 8.17. The number of aryl methyl sites for hydroxylation is 1. The lowest BCUT2D eigenvalue weighted by Gasteiger charge is -2.10. The summed E-state index contributed by atoms with van der Waals surface area (Å²) in [6, 6.07) is 13.1. The van der Waals surface area contributed by atoms with Crippen molar-refractivity contribution >= 4 is 27.2 Å². The van der Waals surface area contributed by atoms with Crippen LogP contribution in [0.2, 0.25) is 0 Å². The number of aromatic nitrogens is 1. The lowest BCUT2D eigenvalue weighted by atomic mass is 10.2. The number of pyridine rings is 1. The van der Waals surface area contributed by atoms with E-state index < -0.39 is 21.7 Å². The van der Waals surface area contributed by atoms with Gasteiger partial charge in [-0.2, -0.15) is 0 Å². The molecule has 3 aromatic rings. The molecular formula is C19H17F2N3O2S. The Morgan fingerprint density at radius 2 is 1.63 bits per heavy atom. The minimum Gasteiger partial charge on any atom is -0.354 e. The minimum atomic E-state index is -3.74. The van der Waals surface area contributed by atoms with Crippen molar-refractivity contribution in [2.75, 3.05) is 10.0 Å². The van der Waals surface area contributed by atoms with E-state index in [0.29, 0.717) is 11.4 Å². The number of benzene rings is 2. The first kappa shape index (κ1) is 18.8. The Balaban J connectivity index is 1.71. The van der Waals surface area contributed by atoms with Crippen molar-refractivity contribution in [2.24, 2.45) is 0 Å². The van der Waals surface area contributed by atoms with Crippen LogP contribution in [0.1, 0.15) is 12.5 Å². The van der Waals surface area contributed by atoms with Crippen LogP contribution in [0.5, 0.6) is 0 Å². The molecule has 0 radical (unpaired) electrons. The highest BCUT2D eigenvalue weighted by atomic mass is 32.2. The van der Waals surface area contributed by atoms with Crippen LogP contribution in [0.25, 0.3) is 0 Å². The molecule has 140 valence electrons. The highest BCUT2D eigenvalue weighted by Crippen LogP contribution is 2.21. The number of anilines is 3. The first-order valence-corrected chi connectivity index (χ1v) is 9.65. The largest absolute Gasteiger partial charge is 0.354 e. The van der Waals surface area contributed by atoms with Crippen LogP contribution >= 0.6 is 0 Å². The Morgan fingerprint density at radius 1 is 0.926 bits per heavy atom. The van der Waals surface area contributed by atoms with Gasteiger partial charge in [-0.25, -0.2) is 22.2 Å². The number of nitrogens with zero attached hydrogens (tertiary/aromatic N) is 1. The van der Waals surface area contributed by atoms with Gasteiger partial charge in [0.1, 0.15) is 5.82 Å². The Hall–Kier alpha value is -3.00. The maximum atomic E-state index is 13.2. The molecule has 1 aromatic heterocycles. The van der Waals surface area contributed by atoms with E-state index in [1.807, 2.05) is 6.92 Å². The van der Waals surface area contributed by atoms with E-state index in [0.717, 1.165) is 24.1 Å². The van der Waals surface area contributed by atoms with Crippen molar-refractivity contribution < 1.29 is 17.2 Å². The van der Waals surface area contributed by atoms with E-state index in [-0.39, 0.29) is 10.7 Å². The molecule has 0 saturated carbocycles. The summed E-state index contributed by atoms with van der Waals surface area (Å²) in [6.07, 6.45) is 2.21. The summed E-state index contributed by atoms with van der Waals surface area (Å²) in [5, 5.41) is 2.86. The number of halogens is 2. The average Bonchev–Trinajstić information content (AvgIpc) is 2.66. The fourth-order valence-electron chi connectivity index (χ4n) is 2.37. The maximum Gasteiger partial charge on any atom is 0.263 e. The molecule has 2 aromatic carbocycles. The fourth-order valence-corrected chi connectivity index (χ4v) is 3.38. The van der Waals surface area contributed by atoms with Gasteiger partial charge >= 0.3 is 0 Å². The maximum absolute atomic E-state index is 13.2. The molecule has 1 heterocycles. The molecular weight excluding hydrogens is 372 g/mol. The van der Waals surface area contributed by atoms with E-state index in [1.165, 1.54) is 18.3 Å². The second kappa shape index (κ2) is 7.71. The summed E-state index contributed by atoms with van der Waals surface area (Å²) >= 11 is 0. The summed E-state index contributed by atoms with van der Waals surface area (Å²) in [5.41, 5.74) is 1.89. The molecule has 27 heavy (non-hydrogen) atoms. The van der Waals surface area contributed by atoms with Crippen LogP contribution in [0.15, 0.2) is 65.7 Å². The molecule has 3 rings (SSSR count). The molecule has 5 nitrogen and oxygen atoms in total. The molecule has 0 bridgehead atoms. The number of rotatable bonds is 6. The molecule has 0 saturated heterocycles. The fraction of sp³-hybridized carbons (Fsp3) is 0.105.